The number of aryl methyl sites for hydroxylation is 1. The summed E-state index contributed by atoms with van der Waals surface area (Å²) in [5, 5.41) is 19.0. The van der Waals surface area contributed by atoms with Crippen LogP contribution in [0.4, 0.5) is 5.69 Å². The number of allylic oxidation sites excluding steroid dienone is 1. The van der Waals surface area contributed by atoms with Crippen LogP contribution in [0.1, 0.15) is 54.1 Å². The number of pyridine rings is 1. The molecule has 5 rings (SSSR count). The zero-order chi connectivity index (χ0) is 27.0. The third-order valence-electron chi connectivity index (χ3n) is 7.40. The van der Waals surface area contributed by atoms with E-state index in [4.69, 9.17) is 0 Å². The summed E-state index contributed by atoms with van der Waals surface area (Å²) in [6.07, 6.45) is 14.0. The molecule has 1 fully saturated rings. The highest BCUT2D eigenvalue weighted by Crippen LogP contribution is 2.29. The first-order valence-electron chi connectivity index (χ1n) is 13.6. The summed E-state index contributed by atoms with van der Waals surface area (Å²) in [5.74, 6) is 1.48. The second kappa shape index (κ2) is 12.7. The van der Waals surface area contributed by atoms with Gasteiger partial charge in [-0.2, -0.15) is 0 Å². The number of benzene rings is 1. The van der Waals surface area contributed by atoms with Crippen LogP contribution in [0, 0.1) is 6.42 Å². The van der Waals surface area contributed by atoms with E-state index >= 15 is 0 Å². The fraction of sp³-hybridized carbons (Fsp3) is 0.379. The molecule has 1 radical (unpaired) electrons. The lowest BCUT2D eigenvalue weighted by molar-refractivity contribution is -0.522. The Bertz CT molecular complexity index is 1360. The number of aliphatic imine (C=N–C) groups is 2. The minimum atomic E-state index is -0.118. The number of amides is 1. The molecule has 1 amide bonds. The van der Waals surface area contributed by atoms with Crippen LogP contribution >= 0.6 is 0 Å². The van der Waals surface area contributed by atoms with Gasteiger partial charge >= 0.3 is 11.7 Å². The number of carbonyl (C=O) groups excluding carboxylic acids is 1. The van der Waals surface area contributed by atoms with Gasteiger partial charge in [-0.3, -0.25) is 9.78 Å². The van der Waals surface area contributed by atoms with Crippen molar-refractivity contribution < 1.29 is 9.37 Å². The highest BCUT2D eigenvalue weighted by atomic mass is 16.1. The summed E-state index contributed by atoms with van der Waals surface area (Å²) in [4.78, 5) is 25.6. The van der Waals surface area contributed by atoms with Gasteiger partial charge < -0.3 is 16.0 Å². The van der Waals surface area contributed by atoms with Crippen molar-refractivity contribution in [2.24, 2.45) is 20.2 Å². The average molecular weight is 526 g/mol. The molecule has 1 saturated carbocycles. The molecule has 0 bridgehead atoms. The molecule has 0 saturated heterocycles. The molecule has 3 N–H and O–H groups in total. The predicted octanol–water partition coefficient (Wildman–Crippen LogP) is 3.88. The largest absolute Gasteiger partial charge is 0.375 e. The molecular formula is C29H35N9O+. The number of nitrogens with one attached hydrogen (secondary N) is 3. The Kier molecular flexibility index (Phi) is 8.62. The van der Waals surface area contributed by atoms with Crippen LogP contribution in [0.15, 0.2) is 74.5 Å². The SMILES string of the molecule is CCc1cnccc1CNC(=O)c1cccc(NCC2=[N+]([C@H]3CCC[C@@H](NC)C3)/C(=C3/[CH]C=NC=N3)N=N2)c1. The van der Waals surface area contributed by atoms with Gasteiger partial charge in [0.2, 0.25) is 0 Å². The molecule has 3 aliphatic rings. The van der Waals surface area contributed by atoms with E-state index in [9.17, 15) is 4.79 Å². The summed E-state index contributed by atoms with van der Waals surface area (Å²) in [6.45, 7) is 3.02. The number of amidine groups is 1. The van der Waals surface area contributed by atoms with E-state index in [0.29, 0.717) is 24.7 Å². The van der Waals surface area contributed by atoms with Crippen molar-refractivity contribution in [2.75, 3.05) is 18.9 Å². The molecule has 2 aromatic rings. The molecule has 201 valence electrons. The first kappa shape index (κ1) is 26.6. The van der Waals surface area contributed by atoms with Crippen molar-refractivity contribution in [3.8, 4) is 0 Å². The van der Waals surface area contributed by atoms with Crippen molar-refractivity contribution >= 4 is 30.0 Å². The number of anilines is 1. The van der Waals surface area contributed by atoms with Crippen LogP contribution in [0.5, 0.6) is 0 Å². The molecule has 1 aromatic carbocycles. The Morgan fingerprint density at radius 3 is 2.87 bits per heavy atom. The van der Waals surface area contributed by atoms with Crippen LogP contribution in [-0.4, -0.2) is 59.5 Å². The van der Waals surface area contributed by atoms with Gasteiger partial charge in [0.05, 0.1) is 22.7 Å². The Morgan fingerprint density at radius 2 is 2.05 bits per heavy atom. The zero-order valence-electron chi connectivity index (χ0n) is 22.5. The lowest BCUT2D eigenvalue weighted by atomic mass is 9.90. The average Bonchev–Trinajstić information content (AvgIpc) is 3.43. The normalized spacial score (nSPS) is 22.4. The van der Waals surface area contributed by atoms with E-state index in [2.05, 4.69) is 52.6 Å². The van der Waals surface area contributed by atoms with Crippen molar-refractivity contribution in [2.45, 2.75) is 57.7 Å². The van der Waals surface area contributed by atoms with Crippen molar-refractivity contribution in [3.05, 3.63) is 77.4 Å². The molecular weight excluding hydrogens is 490 g/mol. The van der Waals surface area contributed by atoms with Crippen molar-refractivity contribution in [1.29, 1.82) is 0 Å². The van der Waals surface area contributed by atoms with Gasteiger partial charge in [0.25, 0.3) is 5.91 Å². The number of azo groups is 1. The summed E-state index contributed by atoms with van der Waals surface area (Å²) in [6, 6.07) is 10.2. The van der Waals surface area contributed by atoms with E-state index in [1.807, 2.05) is 50.0 Å². The fourth-order valence-corrected chi connectivity index (χ4v) is 5.26. The summed E-state index contributed by atoms with van der Waals surface area (Å²) in [5.41, 5.74) is 4.42. The van der Waals surface area contributed by atoms with Crippen LogP contribution in [0.2, 0.25) is 0 Å². The highest BCUT2D eigenvalue weighted by molar-refractivity contribution is 5.95. The van der Waals surface area contributed by atoms with E-state index < -0.39 is 0 Å². The first-order chi connectivity index (χ1) is 19.2. The van der Waals surface area contributed by atoms with Crippen molar-refractivity contribution in [3.63, 3.8) is 0 Å². The quantitative estimate of drug-likeness (QED) is 0.431. The minimum Gasteiger partial charge on any atom is -0.375 e. The van der Waals surface area contributed by atoms with Gasteiger partial charge in [-0.25, -0.2) is 14.6 Å². The van der Waals surface area contributed by atoms with Gasteiger partial charge in [0.1, 0.15) is 18.6 Å². The fourth-order valence-electron chi connectivity index (χ4n) is 5.26. The standard InChI is InChI=1S/C29H34N9O/c1-3-20-16-31-12-10-22(20)17-34-29(39)21-6-4-8-24(14-21)33-18-27-36-37-28(26-11-13-32-19-35-26)38(27)25-9-5-7-23(15-25)30-2/h4,6,8,10-14,16,19,23,25,30,33H,3,5,7,9,15,17-18H2,1-2H3/p+1/t23-,25+/m1/s1. The van der Waals surface area contributed by atoms with E-state index in [0.717, 1.165) is 59.9 Å². The Hall–Kier alpha value is -4.05. The maximum atomic E-state index is 12.9. The van der Waals surface area contributed by atoms with E-state index in [-0.39, 0.29) is 11.9 Å². The first-order valence-corrected chi connectivity index (χ1v) is 13.6. The van der Waals surface area contributed by atoms with Crippen LogP contribution in [0.25, 0.3) is 0 Å². The summed E-state index contributed by atoms with van der Waals surface area (Å²) >= 11 is 0. The summed E-state index contributed by atoms with van der Waals surface area (Å²) < 4.78 is 2.23. The van der Waals surface area contributed by atoms with Crippen LogP contribution in [-0.2, 0) is 13.0 Å². The van der Waals surface area contributed by atoms with Gasteiger partial charge in [-0.1, -0.05) is 13.0 Å². The molecule has 0 spiro atoms. The molecule has 1 aromatic heterocycles. The van der Waals surface area contributed by atoms with Crippen LogP contribution < -0.4 is 16.0 Å². The minimum absolute atomic E-state index is 0.118. The van der Waals surface area contributed by atoms with Crippen LogP contribution in [0.3, 0.4) is 0 Å². The van der Waals surface area contributed by atoms with E-state index in [1.165, 1.54) is 12.8 Å². The van der Waals surface area contributed by atoms with Gasteiger partial charge in [0.15, 0.2) is 0 Å². The number of nitrogens with zero attached hydrogens (tertiary/aromatic N) is 6. The topological polar surface area (TPSA) is 118 Å². The molecule has 3 heterocycles. The molecule has 39 heavy (non-hydrogen) atoms. The monoisotopic (exact) mass is 525 g/mol. The lowest BCUT2D eigenvalue weighted by Crippen LogP contribution is -2.40. The molecule has 1 aliphatic carbocycles. The third kappa shape index (κ3) is 6.34. The Balaban J connectivity index is 1.31. The highest BCUT2D eigenvalue weighted by Gasteiger charge is 2.37. The Labute approximate surface area is 229 Å². The van der Waals surface area contributed by atoms with Gasteiger partial charge in [-0.15, -0.1) is 0 Å². The smallest absolute Gasteiger partial charge is 0.328 e. The molecule has 2 aliphatic heterocycles. The van der Waals surface area contributed by atoms with Crippen molar-refractivity contribution in [1.82, 2.24) is 15.6 Å². The van der Waals surface area contributed by atoms with Gasteiger partial charge in [-0.05, 0) is 74.5 Å². The Morgan fingerprint density at radius 1 is 1.13 bits per heavy atom. The second-order valence-corrected chi connectivity index (χ2v) is 9.83. The molecule has 0 unspecified atom stereocenters. The number of aromatic nitrogens is 1. The molecule has 10 heteroatoms. The number of rotatable bonds is 9. The number of hydrogen-bond donors (Lipinski definition) is 3. The van der Waals surface area contributed by atoms with Gasteiger partial charge in [0, 0.05) is 42.4 Å². The molecule has 10 nitrogen and oxygen atoms in total. The van der Waals surface area contributed by atoms with E-state index in [1.54, 1.807) is 12.4 Å². The molecule has 2 atom stereocenters. The second-order valence-electron chi connectivity index (χ2n) is 9.83. The maximum absolute atomic E-state index is 12.9. The number of carbonyl (C=O) groups is 1. The summed E-state index contributed by atoms with van der Waals surface area (Å²) in [7, 11) is 2.02. The zero-order valence-corrected chi connectivity index (χ0v) is 22.5. The predicted molar refractivity (Wildman–Crippen MR) is 153 cm³/mol. The maximum Gasteiger partial charge on any atom is 0.328 e. The lowest BCUT2D eigenvalue weighted by Gasteiger charge is -2.29. The third-order valence-corrected chi connectivity index (χ3v) is 7.40. The number of hydrogen-bond acceptors (Lipinski definition) is 8.